The molecule has 2 N–H and O–H groups in total. The van der Waals surface area contributed by atoms with Crippen LogP contribution in [0.2, 0.25) is 0 Å². The number of benzene rings is 2. The average Bonchev–Trinajstić information content (AvgIpc) is 2.51. The van der Waals surface area contributed by atoms with E-state index in [-0.39, 0.29) is 11.5 Å². The van der Waals surface area contributed by atoms with Gasteiger partial charge in [0.05, 0.1) is 11.5 Å². The van der Waals surface area contributed by atoms with Crippen molar-refractivity contribution in [1.29, 1.82) is 0 Å². The summed E-state index contributed by atoms with van der Waals surface area (Å²) in [6.07, 6.45) is -0.554. The first-order valence-electron chi connectivity index (χ1n) is 7.46. The van der Waals surface area contributed by atoms with Crippen LogP contribution in [0.4, 0.5) is 16.2 Å². The molecule has 6 nitrogen and oxygen atoms in total. The van der Waals surface area contributed by atoms with Gasteiger partial charge in [-0.3, -0.25) is 10.0 Å². The van der Waals surface area contributed by atoms with E-state index in [1.54, 1.807) is 50.2 Å². The van der Waals surface area contributed by atoms with E-state index in [0.717, 1.165) is 5.56 Å². The molecule has 2 rings (SSSR count). The SMILES string of the molecule is CCOC(=O)Nc1ccc(NS(=O)(=O)c2cc(C)ccc2C)cc1. The van der Waals surface area contributed by atoms with Gasteiger partial charge in [-0.1, -0.05) is 12.1 Å². The number of nitrogens with one attached hydrogen (secondary N) is 2. The highest BCUT2D eigenvalue weighted by Gasteiger charge is 2.17. The lowest BCUT2D eigenvalue weighted by Crippen LogP contribution is -2.15. The summed E-state index contributed by atoms with van der Waals surface area (Å²) in [5, 5.41) is 2.54. The van der Waals surface area contributed by atoms with Gasteiger partial charge >= 0.3 is 6.09 Å². The van der Waals surface area contributed by atoms with Crippen LogP contribution in [0.3, 0.4) is 0 Å². The Morgan fingerprint density at radius 1 is 1.04 bits per heavy atom. The lowest BCUT2D eigenvalue weighted by atomic mass is 10.2. The molecular weight excluding hydrogens is 328 g/mol. The summed E-state index contributed by atoms with van der Waals surface area (Å²) in [5.74, 6) is 0. The van der Waals surface area contributed by atoms with Crippen molar-refractivity contribution < 1.29 is 17.9 Å². The van der Waals surface area contributed by atoms with Gasteiger partial charge in [-0.15, -0.1) is 0 Å². The first-order valence-corrected chi connectivity index (χ1v) is 8.94. The third-order valence-corrected chi connectivity index (χ3v) is 4.82. The van der Waals surface area contributed by atoms with E-state index in [2.05, 4.69) is 10.0 Å². The lowest BCUT2D eigenvalue weighted by Gasteiger charge is -2.12. The van der Waals surface area contributed by atoms with E-state index in [1.807, 2.05) is 13.0 Å². The summed E-state index contributed by atoms with van der Waals surface area (Å²) in [4.78, 5) is 11.6. The first kappa shape index (κ1) is 17.8. The minimum absolute atomic E-state index is 0.247. The standard InChI is InChI=1S/C17H20N2O4S/c1-4-23-17(20)18-14-7-9-15(10-8-14)19-24(21,22)16-11-12(2)5-6-13(16)3/h5-11,19H,4H2,1-3H3,(H,18,20). The van der Waals surface area contributed by atoms with Gasteiger partial charge in [-0.2, -0.15) is 0 Å². The number of rotatable bonds is 5. The van der Waals surface area contributed by atoms with Crippen molar-refractivity contribution in [3.63, 3.8) is 0 Å². The number of ether oxygens (including phenoxy) is 1. The molecule has 2 aromatic carbocycles. The molecule has 0 aromatic heterocycles. The number of anilines is 2. The van der Waals surface area contributed by atoms with Crippen LogP contribution in [-0.4, -0.2) is 21.1 Å². The van der Waals surface area contributed by atoms with E-state index < -0.39 is 16.1 Å². The Kier molecular flexibility index (Phi) is 5.46. The van der Waals surface area contributed by atoms with Gasteiger partial charge in [0, 0.05) is 11.4 Å². The largest absolute Gasteiger partial charge is 0.450 e. The summed E-state index contributed by atoms with van der Waals surface area (Å²) in [6, 6.07) is 11.6. The lowest BCUT2D eigenvalue weighted by molar-refractivity contribution is 0.168. The second-order valence-corrected chi connectivity index (χ2v) is 6.95. The van der Waals surface area contributed by atoms with Crippen molar-refractivity contribution in [2.75, 3.05) is 16.6 Å². The number of hydrogen-bond acceptors (Lipinski definition) is 4. The van der Waals surface area contributed by atoms with Crippen LogP contribution in [0.1, 0.15) is 18.1 Å². The average molecular weight is 348 g/mol. The van der Waals surface area contributed by atoms with Gasteiger partial charge in [-0.25, -0.2) is 13.2 Å². The zero-order valence-corrected chi connectivity index (χ0v) is 14.6. The Morgan fingerprint density at radius 2 is 1.67 bits per heavy atom. The quantitative estimate of drug-likeness (QED) is 0.863. The fourth-order valence-corrected chi connectivity index (χ4v) is 3.50. The predicted molar refractivity (Wildman–Crippen MR) is 93.8 cm³/mol. The van der Waals surface area contributed by atoms with Crippen molar-refractivity contribution in [2.45, 2.75) is 25.7 Å². The maximum atomic E-state index is 12.5. The molecule has 0 aliphatic heterocycles. The van der Waals surface area contributed by atoms with Crippen LogP contribution in [0, 0.1) is 13.8 Å². The smallest absolute Gasteiger partial charge is 0.411 e. The highest BCUT2D eigenvalue weighted by molar-refractivity contribution is 7.92. The van der Waals surface area contributed by atoms with Gasteiger partial charge < -0.3 is 4.74 Å². The molecule has 0 aliphatic rings. The molecule has 0 unspecified atom stereocenters. The molecule has 0 atom stereocenters. The van der Waals surface area contributed by atoms with Crippen molar-refractivity contribution in [3.05, 3.63) is 53.6 Å². The van der Waals surface area contributed by atoms with Crippen LogP contribution in [0.5, 0.6) is 0 Å². The number of amides is 1. The van der Waals surface area contributed by atoms with Gasteiger partial charge in [-0.05, 0) is 62.2 Å². The van der Waals surface area contributed by atoms with Crippen molar-refractivity contribution >= 4 is 27.5 Å². The summed E-state index contributed by atoms with van der Waals surface area (Å²) in [7, 11) is -3.67. The number of carbonyl (C=O) groups is 1. The fraction of sp³-hybridized carbons (Fsp3) is 0.235. The molecule has 0 heterocycles. The molecule has 7 heteroatoms. The van der Waals surface area contributed by atoms with Crippen LogP contribution >= 0.6 is 0 Å². The van der Waals surface area contributed by atoms with Crippen LogP contribution in [0.25, 0.3) is 0 Å². The Labute approximate surface area is 141 Å². The zero-order valence-electron chi connectivity index (χ0n) is 13.8. The normalized spacial score (nSPS) is 11.0. The third kappa shape index (κ3) is 4.48. The van der Waals surface area contributed by atoms with Gasteiger partial charge in [0.15, 0.2) is 0 Å². The van der Waals surface area contributed by atoms with Crippen molar-refractivity contribution in [3.8, 4) is 0 Å². The molecule has 0 bridgehead atoms. The molecule has 2 aromatic rings. The second-order valence-electron chi connectivity index (χ2n) is 5.30. The molecule has 128 valence electrons. The maximum Gasteiger partial charge on any atom is 0.411 e. The molecule has 0 spiro atoms. The van der Waals surface area contributed by atoms with Crippen LogP contribution in [-0.2, 0) is 14.8 Å². The topological polar surface area (TPSA) is 84.5 Å². The summed E-state index contributed by atoms with van der Waals surface area (Å²) in [5.41, 5.74) is 2.47. The number of hydrogen-bond donors (Lipinski definition) is 2. The second kappa shape index (κ2) is 7.35. The number of sulfonamides is 1. The van der Waals surface area contributed by atoms with Crippen molar-refractivity contribution in [1.82, 2.24) is 0 Å². The Balaban J connectivity index is 2.15. The Bertz CT molecular complexity index is 830. The molecular formula is C17H20N2O4S. The molecule has 0 fully saturated rings. The van der Waals surface area contributed by atoms with Gasteiger partial charge in [0.25, 0.3) is 10.0 Å². The van der Waals surface area contributed by atoms with E-state index in [1.165, 1.54) is 0 Å². The van der Waals surface area contributed by atoms with Crippen LogP contribution < -0.4 is 10.0 Å². The highest BCUT2D eigenvalue weighted by atomic mass is 32.2. The monoisotopic (exact) mass is 348 g/mol. The fourth-order valence-electron chi connectivity index (χ4n) is 2.11. The van der Waals surface area contributed by atoms with Crippen LogP contribution in [0.15, 0.2) is 47.4 Å². The number of carbonyl (C=O) groups excluding carboxylic acids is 1. The molecule has 0 saturated carbocycles. The van der Waals surface area contributed by atoms with Gasteiger partial charge in [0.1, 0.15) is 0 Å². The molecule has 24 heavy (non-hydrogen) atoms. The molecule has 0 radical (unpaired) electrons. The predicted octanol–water partition coefficient (Wildman–Crippen LogP) is 3.67. The summed E-state index contributed by atoms with van der Waals surface area (Å²) >= 11 is 0. The minimum atomic E-state index is -3.67. The van der Waals surface area contributed by atoms with Gasteiger partial charge in [0.2, 0.25) is 0 Å². The maximum absolute atomic E-state index is 12.5. The van der Waals surface area contributed by atoms with E-state index >= 15 is 0 Å². The Hall–Kier alpha value is -2.54. The zero-order chi connectivity index (χ0) is 17.7. The van der Waals surface area contributed by atoms with E-state index in [0.29, 0.717) is 16.9 Å². The molecule has 0 aliphatic carbocycles. The van der Waals surface area contributed by atoms with E-state index in [9.17, 15) is 13.2 Å². The Morgan fingerprint density at radius 3 is 2.29 bits per heavy atom. The number of aryl methyl sites for hydroxylation is 2. The first-order chi connectivity index (χ1) is 11.3. The third-order valence-electron chi connectivity index (χ3n) is 3.29. The summed E-state index contributed by atoms with van der Waals surface area (Å²) in [6.45, 7) is 5.58. The minimum Gasteiger partial charge on any atom is -0.450 e. The molecule has 0 saturated heterocycles. The molecule has 1 amide bonds. The highest BCUT2D eigenvalue weighted by Crippen LogP contribution is 2.21. The van der Waals surface area contributed by atoms with Crippen molar-refractivity contribution in [2.24, 2.45) is 0 Å². The summed E-state index contributed by atoms with van der Waals surface area (Å²) < 4.78 is 32.4. The van der Waals surface area contributed by atoms with E-state index in [4.69, 9.17) is 4.74 Å².